The number of hydrogen-bond acceptors (Lipinski definition) is 5. The van der Waals surface area contributed by atoms with Gasteiger partial charge in [0.25, 0.3) is 15.7 Å². The number of hydrogen-bond donors (Lipinski definition) is 1. The number of rotatable bonds is 4. The van der Waals surface area contributed by atoms with Crippen LogP contribution >= 0.6 is 11.6 Å². The van der Waals surface area contributed by atoms with Crippen LogP contribution in [0.1, 0.15) is 11.6 Å². The molecule has 138 valence electrons. The van der Waals surface area contributed by atoms with Crippen molar-refractivity contribution in [2.75, 3.05) is 19.6 Å². The molecule has 1 N–H and O–H groups in total. The summed E-state index contributed by atoms with van der Waals surface area (Å²) in [6.45, 7) is 0.726. The molecule has 1 heterocycles. The lowest BCUT2D eigenvalue weighted by Gasteiger charge is -2.35. The molecular formula is C16H15ClFN3O4S. The van der Waals surface area contributed by atoms with Crippen molar-refractivity contribution in [3.05, 3.63) is 69.0 Å². The summed E-state index contributed by atoms with van der Waals surface area (Å²) in [6, 6.07) is 8.34. The number of nitrogens with zero attached hydrogens (tertiary/aromatic N) is 2. The fourth-order valence-corrected chi connectivity index (χ4v) is 4.98. The molecule has 0 spiro atoms. The third-order valence-electron chi connectivity index (χ3n) is 4.13. The minimum Gasteiger partial charge on any atom is -0.313 e. The van der Waals surface area contributed by atoms with Crippen LogP contribution in [0.5, 0.6) is 0 Å². The van der Waals surface area contributed by atoms with E-state index >= 15 is 0 Å². The molecule has 0 aromatic heterocycles. The second-order valence-corrected chi connectivity index (χ2v) is 8.06. The van der Waals surface area contributed by atoms with Gasteiger partial charge in [-0.05, 0) is 29.8 Å². The summed E-state index contributed by atoms with van der Waals surface area (Å²) in [5, 5.41) is 14.4. The van der Waals surface area contributed by atoms with Crippen LogP contribution in [-0.4, -0.2) is 37.3 Å². The molecule has 0 amide bonds. The van der Waals surface area contributed by atoms with Crippen molar-refractivity contribution in [1.82, 2.24) is 9.62 Å². The van der Waals surface area contributed by atoms with Crippen molar-refractivity contribution in [3.8, 4) is 0 Å². The maximum absolute atomic E-state index is 13.6. The highest BCUT2D eigenvalue weighted by molar-refractivity contribution is 7.89. The average Bonchev–Trinajstić information content (AvgIpc) is 2.61. The molecule has 1 saturated heterocycles. The van der Waals surface area contributed by atoms with Crippen LogP contribution in [0.2, 0.25) is 5.02 Å². The molecule has 0 aliphatic carbocycles. The predicted molar refractivity (Wildman–Crippen MR) is 94.0 cm³/mol. The van der Waals surface area contributed by atoms with Crippen LogP contribution in [0.15, 0.2) is 47.4 Å². The number of benzene rings is 2. The lowest BCUT2D eigenvalue weighted by atomic mass is 10.1. The van der Waals surface area contributed by atoms with Crippen LogP contribution < -0.4 is 5.32 Å². The Labute approximate surface area is 154 Å². The molecule has 10 heteroatoms. The van der Waals surface area contributed by atoms with E-state index in [-0.39, 0.29) is 18.1 Å². The molecule has 3 rings (SSSR count). The minimum absolute atomic E-state index is 0.0756. The van der Waals surface area contributed by atoms with Crippen LogP contribution in [0, 0.1) is 15.9 Å². The maximum atomic E-state index is 13.6. The van der Waals surface area contributed by atoms with E-state index in [1.807, 2.05) is 0 Å². The minimum atomic E-state index is -4.23. The number of piperazine rings is 1. The molecule has 1 unspecified atom stereocenters. The Morgan fingerprint density at radius 2 is 2.04 bits per heavy atom. The van der Waals surface area contributed by atoms with Gasteiger partial charge in [0.1, 0.15) is 5.82 Å². The van der Waals surface area contributed by atoms with Gasteiger partial charge in [0.15, 0.2) is 4.90 Å². The van der Waals surface area contributed by atoms with Gasteiger partial charge in [0.2, 0.25) is 0 Å². The summed E-state index contributed by atoms with van der Waals surface area (Å²) in [6.07, 6.45) is 0. The molecule has 7 nitrogen and oxygen atoms in total. The Morgan fingerprint density at radius 1 is 1.27 bits per heavy atom. The summed E-state index contributed by atoms with van der Waals surface area (Å²) in [7, 11) is -4.23. The van der Waals surface area contributed by atoms with Crippen LogP contribution in [0.4, 0.5) is 10.1 Å². The SMILES string of the molecule is O=[N+]([O-])c1ccc(Cl)cc1S(=O)(=O)N1CCNCC1c1cccc(F)c1. The van der Waals surface area contributed by atoms with Gasteiger partial charge in [-0.2, -0.15) is 4.31 Å². The van der Waals surface area contributed by atoms with E-state index in [2.05, 4.69) is 5.32 Å². The van der Waals surface area contributed by atoms with E-state index in [0.717, 1.165) is 16.4 Å². The first-order chi connectivity index (χ1) is 12.3. The highest BCUT2D eigenvalue weighted by Gasteiger charge is 2.38. The van der Waals surface area contributed by atoms with Gasteiger partial charge < -0.3 is 5.32 Å². The normalized spacial score (nSPS) is 18.6. The van der Waals surface area contributed by atoms with Gasteiger partial charge in [-0.3, -0.25) is 10.1 Å². The Morgan fingerprint density at radius 3 is 2.73 bits per heavy atom. The monoisotopic (exact) mass is 399 g/mol. The largest absolute Gasteiger partial charge is 0.313 e. The standard InChI is InChI=1S/C16H15ClFN3O4S/c17-12-4-5-14(21(22)23)16(9-12)26(24,25)20-7-6-19-10-15(20)11-2-1-3-13(18)8-11/h1-5,8-9,15,19H,6-7,10H2. The molecule has 2 aromatic carbocycles. The Hall–Kier alpha value is -2.07. The number of sulfonamides is 1. The van der Waals surface area contributed by atoms with Gasteiger partial charge in [-0.25, -0.2) is 12.8 Å². The van der Waals surface area contributed by atoms with Gasteiger partial charge >= 0.3 is 0 Å². The molecule has 1 aliphatic rings. The molecule has 1 aliphatic heterocycles. The van der Waals surface area contributed by atoms with Gasteiger partial charge in [0.05, 0.1) is 11.0 Å². The molecule has 26 heavy (non-hydrogen) atoms. The van der Waals surface area contributed by atoms with Crippen LogP contribution in [-0.2, 0) is 10.0 Å². The van der Waals surface area contributed by atoms with Crippen molar-refractivity contribution < 1.29 is 17.7 Å². The molecule has 0 radical (unpaired) electrons. The lowest BCUT2D eigenvalue weighted by molar-refractivity contribution is -0.387. The van der Waals surface area contributed by atoms with Crippen molar-refractivity contribution in [1.29, 1.82) is 0 Å². The summed E-state index contributed by atoms with van der Waals surface area (Å²) >= 11 is 5.87. The Bertz CT molecular complexity index is 954. The van der Waals surface area contributed by atoms with E-state index < -0.39 is 37.4 Å². The second-order valence-electron chi connectivity index (χ2n) is 5.76. The zero-order valence-corrected chi connectivity index (χ0v) is 15.0. The number of nitro benzene ring substituents is 1. The van der Waals surface area contributed by atoms with Crippen molar-refractivity contribution in [3.63, 3.8) is 0 Å². The molecule has 0 saturated carbocycles. The van der Waals surface area contributed by atoms with Crippen molar-refractivity contribution in [2.24, 2.45) is 0 Å². The second kappa shape index (κ2) is 7.28. The van der Waals surface area contributed by atoms with Crippen molar-refractivity contribution >= 4 is 27.3 Å². The van der Waals surface area contributed by atoms with E-state index in [4.69, 9.17) is 11.6 Å². The first kappa shape index (κ1) is 18.7. The molecule has 2 aromatic rings. The third kappa shape index (κ3) is 3.56. The zero-order chi connectivity index (χ0) is 18.9. The lowest BCUT2D eigenvalue weighted by Crippen LogP contribution is -2.48. The third-order valence-corrected chi connectivity index (χ3v) is 6.31. The molecule has 0 bridgehead atoms. The average molecular weight is 400 g/mol. The molecule has 1 fully saturated rings. The van der Waals surface area contributed by atoms with E-state index in [0.29, 0.717) is 12.1 Å². The summed E-state index contributed by atoms with van der Waals surface area (Å²) in [5.41, 5.74) is -0.0867. The van der Waals surface area contributed by atoms with Crippen molar-refractivity contribution in [2.45, 2.75) is 10.9 Å². The first-order valence-electron chi connectivity index (χ1n) is 7.72. The Balaban J connectivity index is 2.10. The summed E-state index contributed by atoms with van der Waals surface area (Å²) in [4.78, 5) is 10.0. The Kier molecular flexibility index (Phi) is 5.24. The molecule has 1 atom stereocenters. The predicted octanol–water partition coefficient (Wildman–Crippen LogP) is 2.72. The fourth-order valence-electron chi connectivity index (χ4n) is 2.94. The van der Waals surface area contributed by atoms with Gasteiger partial charge in [-0.15, -0.1) is 0 Å². The first-order valence-corrected chi connectivity index (χ1v) is 9.54. The number of nitrogens with one attached hydrogen (secondary N) is 1. The smallest absolute Gasteiger partial charge is 0.289 e. The topological polar surface area (TPSA) is 92.5 Å². The number of nitro groups is 1. The fraction of sp³-hybridized carbons (Fsp3) is 0.250. The quantitative estimate of drug-likeness (QED) is 0.630. The zero-order valence-electron chi connectivity index (χ0n) is 13.4. The highest BCUT2D eigenvalue weighted by Crippen LogP contribution is 2.34. The summed E-state index contributed by atoms with van der Waals surface area (Å²) in [5.74, 6) is -0.487. The number of halogens is 2. The highest BCUT2D eigenvalue weighted by atomic mass is 35.5. The summed E-state index contributed by atoms with van der Waals surface area (Å²) < 4.78 is 41.1. The van der Waals surface area contributed by atoms with Crippen LogP contribution in [0.3, 0.4) is 0 Å². The van der Waals surface area contributed by atoms with Gasteiger partial charge in [0, 0.05) is 30.7 Å². The van der Waals surface area contributed by atoms with E-state index in [1.54, 1.807) is 6.07 Å². The van der Waals surface area contributed by atoms with E-state index in [9.17, 15) is 22.9 Å². The molecular weight excluding hydrogens is 385 g/mol. The van der Waals surface area contributed by atoms with E-state index in [1.165, 1.54) is 24.3 Å². The van der Waals surface area contributed by atoms with Crippen LogP contribution in [0.25, 0.3) is 0 Å². The van der Waals surface area contributed by atoms with Gasteiger partial charge in [-0.1, -0.05) is 23.7 Å². The maximum Gasteiger partial charge on any atom is 0.289 e.